The fourth-order valence-corrected chi connectivity index (χ4v) is 3.22. The summed E-state index contributed by atoms with van der Waals surface area (Å²) in [6.45, 7) is 3.80. The maximum atomic E-state index is 11.9. The Morgan fingerprint density at radius 2 is 1.68 bits per heavy atom. The minimum Gasteiger partial charge on any atom is -0.393 e. The summed E-state index contributed by atoms with van der Waals surface area (Å²) in [7, 11) is 0. The van der Waals surface area contributed by atoms with Crippen LogP contribution in [0.5, 0.6) is 0 Å². The van der Waals surface area contributed by atoms with Gasteiger partial charge in [-0.3, -0.25) is 4.79 Å². The lowest BCUT2D eigenvalue weighted by atomic mass is 9.95. The van der Waals surface area contributed by atoms with Crippen LogP contribution in [0.4, 0.5) is 0 Å². The standard InChI is InChI=1S/C17H29N3O2/c1-18-13-12-16(21)22-17(19-14-8-4-2-5-9-14)20-15-10-6-3-7-11-15/h14-15H,1-13H2,(H,19,20). The average Bonchev–Trinajstić information content (AvgIpc) is 2.55. The summed E-state index contributed by atoms with van der Waals surface area (Å²) < 4.78 is 5.47. The molecule has 0 unspecified atom stereocenters. The Morgan fingerprint density at radius 3 is 2.32 bits per heavy atom. The second kappa shape index (κ2) is 9.59. The Bertz CT molecular complexity index is 383. The molecule has 2 saturated carbocycles. The number of hydrogen-bond acceptors (Lipinski definition) is 4. The van der Waals surface area contributed by atoms with Gasteiger partial charge in [0.25, 0.3) is 6.02 Å². The molecule has 0 heterocycles. The number of carbonyl (C=O) groups is 1. The summed E-state index contributed by atoms with van der Waals surface area (Å²) in [6.07, 6.45) is 12.2. The first-order valence-electron chi connectivity index (χ1n) is 8.75. The topological polar surface area (TPSA) is 63.0 Å². The average molecular weight is 307 g/mol. The predicted octanol–water partition coefficient (Wildman–Crippen LogP) is 3.23. The van der Waals surface area contributed by atoms with Gasteiger partial charge in [-0.2, -0.15) is 0 Å². The molecule has 2 aliphatic carbocycles. The smallest absolute Gasteiger partial charge is 0.315 e. The van der Waals surface area contributed by atoms with Crippen LogP contribution in [-0.2, 0) is 9.53 Å². The lowest BCUT2D eigenvalue weighted by Gasteiger charge is -2.25. The molecule has 0 radical (unpaired) electrons. The van der Waals surface area contributed by atoms with Crippen LogP contribution in [0.15, 0.2) is 9.98 Å². The van der Waals surface area contributed by atoms with Gasteiger partial charge in [0.2, 0.25) is 0 Å². The zero-order chi connectivity index (χ0) is 15.6. The van der Waals surface area contributed by atoms with E-state index in [4.69, 9.17) is 9.73 Å². The molecular weight excluding hydrogens is 278 g/mol. The van der Waals surface area contributed by atoms with E-state index in [-0.39, 0.29) is 12.4 Å². The van der Waals surface area contributed by atoms with Gasteiger partial charge in [0, 0.05) is 12.6 Å². The summed E-state index contributed by atoms with van der Waals surface area (Å²) in [4.78, 5) is 20.3. The SMILES string of the molecule is C=NCCC(=O)OC(=NC1CCCCC1)NC1CCCCC1. The predicted molar refractivity (Wildman–Crippen MR) is 89.4 cm³/mol. The highest BCUT2D eigenvalue weighted by Gasteiger charge is 2.20. The number of nitrogens with zero attached hydrogens (tertiary/aromatic N) is 2. The minimum absolute atomic E-state index is 0.263. The molecule has 22 heavy (non-hydrogen) atoms. The van der Waals surface area contributed by atoms with E-state index in [1.54, 1.807) is 0 Å². The van der Waals surface area contributed by atoms with Crippen LogP contribution < -0.4 is 5.32 Å². The van der Waals surface area contributed by atoms with Crippen LogP contribution in [0.2, 0.25) is 0 Å². The van der Waals surface area contributed by atoms with Crippen LogP contribution >= 0.6 is 0 Å². The molecule has 1 N–H and O–H groups in total. The van der Waals surface area contributed by atoms with Crippen LogP contribution in [0.3, 0.4) is 0 Å². The molecule has 124 valence electrons. The zero-order valence-corrected chi connectivity index (χ0v) is 13.6. The zero-order valence-electron chi connectivity index (χ0n) is 13.6. The lowest BCUT2D eigenvalue weighted by molar-refractivity contribution is -0.135. The minimum atomic E-state index is -0.273. The van der Waals surface area contributed by atoms with Gasteiger partial charge in [0.05, 0.1) is 12.5 Å². The van der Waals surface area contributed by atoms with Crippen molar-refractivity contribution < 1.29 is 9.53 Å². The van der Waals surface area contributed by atoms with Gasteiger partial charge < -0.3 is 15.0 Å². The number of amidine groups is 1. The molecule has 5 heteroatoms. The van der Waals surface area contributed by atoms with E-state index < -0.39 is 0 Å². The summed E-state index contributed by atoms with van der Waals surface area (Å²) in [5.41, 5.74) is 0. The monoisotopic (exact) mass is 307 g/mol. The Kier molecular flexibility index (Phi) is 7.40. The molecule has 0 saturated heterocycles. The summed E-state index contributed by atoms with van der Waals surface area (Å²) in [5, 5.41) is 3.37. The number of nitrogens with one attached hydrogen (secondary N) is 1. The fourth-order valence-electron chi connectivity index (χ4n) is 3.22. The third-order valence-corrected chi connectivity index (χ3v) is 4.49. The first-order valence-corrected chi connectivity index (χ1v) is 8.75. The summed E-state index contributed by atoms with van der Waals surface area (Å²) >= 11 is 0. The molecule has 0 bridgehead atoms. The van der Waals surface area contributed by atoms with Crippen molar-refractivity contribution >= 4 is 18.7 Å². The number of esters is 1. The second-order valence-electron chi connectivity index (χ2n) is 6.38. The van der Waals surface area contributed by atoms with Crippen LogP contribution in [0.1, 0.15) is 70.6 Å². The van der Waals surface area contributed by atoms with E-state index in [0.717, 1.165) is 25.7 Å². The number of rotatable bonds is 5. The van der Waals surface area contributed by atoms with Crippen LogP contribution in [0, 0.1) is 0 Å². The highest BCUT2D eigenvalue weighted by Crippen LogP contribution is 2.21. The van der Waals surface area contributed by atoms with E-state index >= 15 is 0 Å². The van der Waals surface area contributed by atoms with Gasteiger partial charge in [0.1, 0.15) is 0 Å². The summed E-state index contributed by atoms with van der Waals surface area (Å²) in [5.74, 6) is -0.273. The fraction of sp³-hybridized carbons (Fsp3) is 0.824. The van der Waals surface area contributed by atoms with Crippen molar-refractivity contribution in [2.24, 2.45) is 9.98 Å². The largest absolute Gasteiger partial charge is 0.393 e. The van der Waals surface area contributed by atoms with E-state index in [0.29, 0.717) is 24.7 Å². The molecule has 2 rings (SSSR count). The first-order chi connectivity index (χ1) is 10.8. The normalized spacial score (nSPS) is 21.4. The molecule has 0 aromatic carbocycles. The highest BCUT2D eigenvalue weighted by molar-refractivity contribution is 5.87. The van der Waals surface area contributed by atoms with Crippen molar-refractivity contribution in [1.29, 1.82) is 0 Å². The van der Waals surface area contributed by atoms with E-state index in [2.05, 4.69) is 17.0 Å². The van der Waals surface area contributed by atoms with Gasteiger partial charge in [-0.25, -0.2) is 4.99 Å². The maximum absolute atomic E-state index is 11.9. The van der Waals surface area contributed by atoms with E-state index in [1.165, 1.54) is 38.5 Å². The molecule has 0 aromatic heterocycles. The molecule has 2 fully saturated rings. The Hall–Kier alpha value is -1.39. The first kappa shape index (κ1) is 17.0. The Balaban J connectivity index is 1.93. The van der Waals surface area contributed by atoms with Crippen molar-refractivity contribution in [3.8, 4) is 0 Å². The Labute approximate surface area is 133 Å². The van der Waals surface area contributed by atoms with Crippen molar-refractivity contribution in [3.05, 3.63) is 0 Å². The molecule has 0 spiro atoms. The van der Waals surface area contributed by atoms with Gasteiger partial charge in [0.15, 0.2) is 0 Å². The van der Waals surface area contributed by atoms with Crippen molar-refractivity contribution in [2.75, 3.05) is 6.54 Å². The molecule has 5 nitrogen and oxygen atoms in total. The molecule has 0 aliphatic heterocycles. The third-order valence-electron chi connectivity index (χ3n) is 4.49. The number of aliphatic imine (C=N–C) groups is 2. The van der Waals surface area contributed by atoms with Gasteiger partial charge in [-0.15, -0.1) is 0 Å². The summed E-state index contributed by atoms with van der Waals surface area (Å²) in [6, 6.07) is 1.12. The van der Waals surface area contributed by atoms with Crippen molar-refractivity contribution in [2.45, 2.75) is 82.7 Å². The maximum Gasteiger partial charge on any atom is 0.315 e. The molecule has 0 aromatic rings. The van der Waals surface area contributed by atoms with Crippen LogP contribution in [0.25, 0.3) is 0 Å². The van der Waals surface area contributed by atoms with Gasteiger partial charge in [-0.05, 0) is 32.4 Å². The lowest BCUT2D eigenvalue weighted by Crippen LogP contribution is -2.39. The van der Waals surface area contributed by atoms with Crippen molar-refractivity contribution in [1.82, 2.24) is 5.32 Å². The third kappa shape index (κ3) is 6.16. The number of hydrogen-bond donors (Lipinski definition) is 1. The van der Waals surface area contributed by atoms with Crippen molar-refractivity contribution in [3.63, 3.8) is 0 Å². The molecule has 2 aliphatic rings. The number of carbonyl (C=O) groups excluding carboxylic acids is 1. The van der Waals surface area contributed by atoms with E-state index in [9.17, 15) is 4.79 Å². The van der Waals surface area contributed by atoms with Gasteiger partial charge in [-0.1, -0.05) is 38.5 Å². The molecule has 0 atom stereocenters. The van der Waals surface area contributed by atoms with E-state index in [1.807, 2.05) is 0 Å². The quantitative estimate of drug-likeness (QED) is 0.482. The molecular formula is C17H29N3O2. The van der Waals surface area contributed by atoms with Crippen LogP contribution in [-0.4, -0.2) is 37.3 Å². The van der Waals surface area contributed by atoms with Gasteiger partial charge >= 0.3 is 5.97 Å². The second-order valence-corrected chi connectivity index (χ2v) is 6.38. The molecule has 0 amide bonds. The number of ether oxygens (including phenoxy) is 1. The Morgan fingerprint density at radius 1 is 1.05 bits per heavy atom. The highest BCUT2D eigenvalue weighted by atomic mass is 16.6.